The van der Waals surface area contributed by atoms with Crippen molar-refractivity contribution in [3.8, 4) is 5.75 Å². The van der Waals surface area contributed by atoms with E-state index in [9.17, 15) is 9.90 Å². The van der Waals surface area contributed by atoms with Gasteiger partial charge in [-0.1, -0.05) is 36.4 Å². The van der Waals surface area contributed by atoms with Gasteiger partial charge < -0.3 is 10.0 Å². The van der Waals surface area contributed by atoms with Crippen LogP contribution < -0.4 is 10.3 Å². The number of nitrogens with zero attached hydrogens (tertiary/aromatic N) is 2. The highest BCUT2D eigenvalue weighted by Gasteiger charge is 2.28. The zero-order chi connectivity index (χ0) is 21.5. The lowest BCUT2D eigenvalue weighted by Gasteiger charge is -2.40. The quantitative estimate of drug-likeness (QED) is 0.484. The molecule has 1 heterocycles. The highest BCUT2D eigenvalue weighted by molar-refractivity contribution is 6.01. The maximum Gasteiger partial charge on any atom is 0.275 e. The second kappa shape index (κ2) is 7.34. The van der Waals surface area contributed by atoms with Crippen LogP contribution in [0.2, 0.25) is 0 Å². The third-order valence-corrected chi connectivity index (χ3v) is 5.73. The van der Waals surface area contributed by atoms with Crippen LogP contribution in [0.15, 0.2) is 65.8 Å². The SMILES string of the molecule is CC1=CC(C)(C)N(C)c2ccc(/C=N/NC(=O)c3cc4ccccc4cc3O)cc21. The minimum absolute atomic E-state index is 0.0392. The van der Waals surface area contributed by atoms with E-state index in [4.69, 9.17) is 0 Å². The number of likely N-dealkylation sites (N-methyl/N-ethyl adjacent to an activating group) is 1. The highest BCUT2D eigenvalue weighted by atomic mass is 16.3. The number of phenols is 1. The minimum atomic E-state index is -0.454. The maximum absolute atomic E-state index is 12.5. The predicted molar refractivity (Wildman–Crippen MR) is 123 cm³/mol. The maximum atomic E-state index is 12.5. The Labute approximate surface area is 176 Å². The Morgan fingerprint density at radius 3 is 2.53 bits per heavy atom. The summed E-state index contributed by atoms with van der Waals surface area (Å²) in [7, 11) is 2.09. The van der Waals surface area contributed by atoms with Crippen LogP contribution in [-0.4, -0.2) is 29.8 Å². The third kappa shape index (κ3) is 3.54. The van der Waals surface area contributed by atoms with E-state index < -0.39 is 5.91 Å². The number of anilines is 1. The summed E-state index contributed by atoms with van der Waals surface area (Å²) in [6.45, 7) is 6.48. The van der Waals surface area contributed by atoms with Crippen molar-refractivity contribution in [3.63, 3.8) is 0 Å². The molecule has 152 valence electrons. The van der Waals surface area contributed by atoms with Crippen molar-refractivity contribution < 1.29 is 9.90 Å². The van der Waals surface area contributed by atoms with Crippen LogP contribution in [0.1, 0.15) is 42.3 Å². The molecule has 0 bridgehead atoms. The van der Waals surface area contributed by atoms with E-state index in [0.717, 1.165) is 21.9 Å². The summed E-state index contributed by atoms with van der Waals surface area (Å²) in [4.78, 5) is 14.7. The summed E-state index contributed by atoms with van der Waals surface area (Å²) in [6.07, 6.45) is 3.86. The van der Waals surface area contributed by atoms with Gasteiger partial charge in [-0.25, -0.2) is 5.43 Å². The van der Waals surface area contributed by atoms with Crippen molar-refractivity contribution in [2.75, 3.05) is 11.9 Å². The Kier molecular flexibility index (Phi) is 4.82. The molecule has 3 aromatic carbocycles. The molecule has 0 radical (unpaired) electrons. The number of benzene rings is 3. The molecule has 1 aliphatic heterocycles. The summed E-state index contributed by atoms with van der Waals surface area (Å²) < 4.78 is 0. The van der Waals surface area contributed by atoms with Gasteiger partial charge in [0.05, 0.1) is 17.3 Å². The predicted octanol–water partition coefficient (Wildman–Crippen LogP) is 4.94. The molecule has 5 heteroatoms. The summed E-state index contributed by atoms with van der Waals surface area (Å²) in [5.74, 6) is -0.522. The average Bonchev–Trinajstić information content (AvgIpc) is 2.71. The van der Waals surface area contributed by atoms with Gasteiger partial charge in [0.25, 0.3) is 5.91 Å². The number of amides is 1. The van der Waals surface area contributed by atoms with Gasteiger partial charge in [0.15, 0.2) is 0 Å². The minimum Gasteiger partial charge on any atom is -0.507 e. The molecule has 1 amide bonds. The Bertz CT molecular complexity index is 1210. The molecule has 4 rings (SSSR count). The van der Waals surface area contributed by atoms with E-state index in [1.165, 1.54) is 11.3 Å². The smallest absolute Gasteiger partial charge is 0.275 e. The first-order chi connectivity index (χ1) is 14.3. The van der Waals surface area contributed by atoms with Crippen LogP contribution in [0.4, 0.5) is 5.69 Å². The number of allylic oxidation sites excluding steroid dienone is 1. The molecular weight excluding hydrogens is 374 g/mol. The first-order valence-electron chi connectivity index (χ1n) is 9.89. The molecule has 0 aromatic heterocycles. The van der Waals surface area contributed by atoms with Crippen LogP contribution >= 0.6 is 0 Å². The largest absolute Gasteiger partial charge is 0.507 e. The number of rotatable bonds is 3. The van der Waals surface area contributed by atoms with Gasteiger partial charge in [-0.3, -0.25) is 4.79 Å². The second-order valence-corrected chi connectivity index (χ2v) is 8.23. The van der Waals surface area contributed by atoms with E-state index in [1.807, 2.05) is 30.3 Å². The highest BCUT2D eigenvalue weighted by Crippen LogP contribution is 2.37. The second-order valence-electron chi connectivity index (χ2n) is 8.23. The molecule has 0 saturated heterocycles. The van der Waals surface area contributed by atoms with Gasteiger partial charge in [0.2, 0.25) is 0 Å². The Morgan fingerprint density at radius 2 is 1.80 bits per heavy atom. The van der Waals surface area contributed by atoms with Gasteiger partial charge in [-0.2, -0.15) is 5.10 Å². The standard InChI is InChI=1S/C25H25N3O2/c1-16-14-25(2,3)28(4)22-10-9-17(11-20(16)22)15-26-27-24(30)21-12-18-7-5-6-8-19(18)13-23(21)29/h5-15,29H,1-4H3,(H,27,30)/b26-15+. The number of nitrogens with one attached hydrogen (secondary N) is 1. The Hall–Kier alpha value is -3.60. The number of aromatic hydroxyl groups is 1. The molecule has 0 atom stereocenters. The van der Waals surface area contributed by atoms with Crippen molar-refractivity contribution >= 4 is 34.2 Å². The van der Waals surface area contributed by atoms with Gasteiger partial charge in [0, 0.05) is 18.3 Å². The Morgan fingerprint density at radius 1 is 1.10 bits per heavy atom. The van der Waals surface area contributed by atoms with Crippen LogP contribution in [0.5, 0.6) is 5.75 Å². The number of phenolic OH excluding ortho intramolecular Hbond substituents is 1. The molecule has 0 unspecified atom stereocenters. The molecule has 30 heavy (non-hydrogen) atoms. The summed E-state index contributed by atoms with van der Waals surface area (Å²) in [5, 5.41) is 16.1. The van der Waals surface area contributed by atoms with Crippen molar-refractivity contribution in [1.82, 2.24) is 5.43 Å². The van der Waals surface area contributed by atoms with Gasteiger partial charge in [0.1, 0.15) is 5.75 Å². The van der Waals surface area contributed by atoms with Crippen LogP contribution in [0.3, 0.4) is 0 Å². The average molecular weight is 399 g/mol. The van der Waals surface area contributed by atoms with Gasteiger partial charge in [-0.15, -0.1) is 0 Å². The van der Waals surface area contributed by atoms with Crippen molar-refractivity contribution in [1.29, 1.82) is 0 Å². The monoisotopic (exact) mass is 399 g/mol. The molecule has 3 aromatic rings. The molecule has 0 fully saturated rings. The lowest BCUT2D eigenvalue weighted by molar-refractivity contribution is 0.0952. The van der Waals surface area contributed by atoms with Crippen molar-refractivity contribution in [3.05, 3.63) is 77.4 Å². The molecule has 2 N–H and O–H groups in total. The normalized spacial score (nSPS) is 15.2. The van der Waals surface area contributed by atoms with E-state index in [-0.39, 0.29) is 16.9 Å². The number of hydrogen-bond donors (Lipinski definition) is 2. The molecule has 0 saturated carbocycles. The zero-order valence-electron chi connectivity index (χ0n) is 17.6. The number of hydrogen-bond acceptors (Lipinski definition) is 4. The molecule has 1 aliphatic rings. The fraction of sp³-hybridized carbons (Fsp3) is 0.200. The summed E-state index contributed by atoms with van der Waals surface area (Å²) in [5.41, 5.74) is 7.09. The van der Waals surface area contributed by atoms with E-state index in [1.54, 1.807) is 18.3 Å². The van der Waals surface area contributed by atoms with E-state index in [2.05, 4.69) is 61.5 Å². The van der Waals surface area contributed by atoms with Gasteiger partial charge >= 0.3 is 0 Å². The van der Waals surface area contributed by atoms with Crippen LogP contribution in [-0.2, 0) is 0 Å². The third-order valence-electron chi connectivity index (χ3n) is 5.73. The van der Waals surface area contributed by atoms with Gasteiger partial charge in [-0.05, 0) is 66.9 Å². The van der Waals surface area contributed by atoms with E-state index >= 15 is 0 Å². The fourth-order valence-corrected chi connectivity index (χ4v) is 3.89. The molecule has 5 nitrogen and oxygen atoms in total. The van der Waals surface area contributed by atoms with Crippen molar-refractivity contribution in [2.45, 2.75) is 26.3 Å². The lowest BCUT2D eigenvalue weighted by Crippen LogP contribution is -2.42. The number of fused-ring (bicyclic) bond motifs is 2. The topological polar surface area (TPSA) is 64.9 Å². The fourth-order valence-electron chi connectivity index (χ4n) is 3.89. The van der Waals surface area contributed by atoms with Crippen LogP contribution in [0.25, 0.3) is 16.3 Å². The van der Waals surface area contributed by atoms with Crippen LogP contribution in [0, 0.1) is 0 Å². The van der Waals surface area contributed by atoms with Crippen molar-refractivity contribution in [2.24, 2.45) is 5.10 Å². The molecule has 0 spiro atoms. The first-order valence-corrected chi connectivity index (χ1v) is 9.89. The zero-order valence-corrected chi connectivity index (χ0v) is 17.6. The molecular formula is C25H25N3O2. The first kappa shape index (κ1) is 19.7. The Balaban J connectivity index is 1.54. The summed E-state index contributed by atoms with van der Waals surface area (Å²) in [6, 6.07) is 16.9. The number of hydrazone groups is 1. The molecule has 0 aliphatic carbocycles. The number of carbonyl (C=O) groups is 1. The lowest BCUT2D eigenvalue weighted by atomic mass is 9.89. The summed E-state index contributed by atoms with van der Waals surface area (Å²) >= 11 is 0. The van der Waals surface area contributed by atoms with E-state index in [0.29, 0.717) is 0 Å². The number of carbonyl (C=O) groups excluding carboxylic acids is 1.